The van der Waals surface area contributed by atoms with Gasteiger partial charge in [-0.15, -0.1) is 0 Å². The molecule has 0 spiro atoms. The summed E-state index contributed by atoms with van der Waals surface area (Å²) in [7, 11) is 0. The van der Waals surface area contributed by atoms with Crippen LogP contribution in [0.15, 0.2) is 78.9 Å². The Morgan fingerprint density at radius 2 is 1.32 bits per heavy atom. The third kappa shape index (κ3) is 5.95. The average molecular weight is 459 g/mol. The highest BCUT2D eigenvalue weighted by Crippen LogP contribution is 2.16. The van der Waals surface area contributed by atoms with Crippen LogP contribution in [0.25, 0.3) is 0 Å². The van der Waals surface area contributed by atoms with Crippen molar-refractivity contribution in [2.24, 2.45) is 0 Å². The number of amides is 2. The molecule has 0 aromatic heterocycles. The summed E-state index contributed by atoms with van der Waals surface area (Å²) >= 11 is 0. The van der Waals surface area contributed by atoms with Gasteiger partial charge in [0, 0.05) is 35.5 Å². The smallest absolute Gasteiger partial charge is 0.339 e. The van der Waals surface area contributed by atoms with Gasteiger partial charge in [-0.1, -0.05) is 48.5 Å². The minimum absolute atomic E-state index is 0.0829. The number of hydrogen-bond acceptors (Lipinski definition) is 5. The maximum atomic E-state index is 12.8. The summed E-state index contributed by atoms with van der Waals surface area (Å²) in [6.45, 7) is 4.52. The highest BCUT2D eigenvalue weighted by Gasteiger charge is 2.20. The van der Waals surface area contributed by atoms with Gasteiger partial charge in [-0.3, -0.25) is 14.4 Å². The second-order valence-corrected chi connectivity index (χ2v) is 7.42. The van der Waals surface area contributed by atoms with Gasteiger partial charge in [0.25, 0.3) is 11.8 Å². The standard InChI is InChI=1S/C27H26N2O5/c1-3-29(4-2)26(32)20-14-16-21(17-15-20)28-24(30)18-34-27(33)23-13-9-8-12-22(23)25(31)19-10-6-5-7-11-19/h5-17H,3-4,18H2,1-2H3,(H,28,30). The van der Waals surface area contributed by atoms with Gasteiger partial charge < -0.3 is 15.0 Å². The Hall–Kier alpha value is -4.26. The summed E-state index contributed by atoms with van der Waals surface area (Å²) in [5, 5.41) is 2.63. The molecule has 0 fully saturated rings. The Morgan fingerprint density at radius 1 is 0.735 bits per heavy atom. The van der Waals surface area contributed by atoms with Crippen molar-refractivity contribution in [3.8, 4) is 0 Å². The maximum absolute atomic E-state index is 12.8. The number of carbonyl (C=O) groups is 4. The van der Waals surface area contributed by atoms with Gasteiger partial charge in [-0.05, 0) is 44.2 Å². The maximum Gasteiger partial charge on any atom is 0.339 e. The van der Waals surface area contributed by atoms with Crippen LogP contribution in [0.2, 0.25) is 0 Å². The van der Waals surface area contributed by atoms with Crippen LogP contribution in [-0.4, -0.2) is 48.2 Å². The Bertz CT molecular complexity index is 1170. The number of esters is 1. The molecule has 174 valence electrons. The van der Waals surface area contributed by atoms with E-state index >= 15 is 0 Å². The SMILES string of the molecule is CCN(CC)C(=O)c1ccc(NC(=O)COC(=O)c2ccccc2C(=O)c2ccccc2)cc1. The fraction of sp³-hybridized carbons (Fsp3) is 0.185. The third-order valence-electron chi connectivity index (χ3n) is 5.23. The molecule has 0 aliphatic carbocycles. The monoisotopic (exact) mass is 458 g/mol. The molecule has 0 heterocycles. The summed E-state index contributed by atoms with van der Waals surface area (Å²) in [5.74, 6) is -1.70. The van der Waals surface area contributed by atoms with E-state index in [-0.39, 0.29) is 22.8 Å². The zero-order valence-electron chi connectivity index (χ0n) is 19.1. The summed E-state index contributed by atoms with van der Waals surface area (Å²) in [6.07, 6.45) is 0. The lowest BCUT2D eigenvalue weighted by Gasteiger charge is -2.18. The summed E-state index contributed by atoms with van der Waals surface area (Å²) < 4.78 is 5.15. The van der Waals surface area contributed by atoms with Crippen LogP contribution < -0.4 is 5.32 Å². The lowest BCUT2D eigenvalue weighted by atomic mass is 9.98. The van der Waals surface area contributed by atoms with E-state index in [1.165, 1.54) is 6.07 Å². The van der Waals surface area contributed by atoms with E-state index in [4.69, 9.17) is 4.74 Å². The highest BCUT2D eigenvalue weighted by atomic mass is 16.5. The third-order valence-corrected chi connectivity index (χ3v) is 5.23. The van der Waals surface area contributed by atoms with E-state index in [0.717, 1.165) is 0 Å². The van der Waals surface area contributed by atoms with E-state index in [1.54, 1.807) is 77.7 Å². The van der Waals surface area contributed by atoms with Gasteiger partial charge in [0.1, 0.15) is 0 Å². The molecule has 0 saturated carbocycles. The number of ketones is 1. The first-order valence-corrected chi connectivity index (χ1v) is 11.0. The van der Waals surface area contributed by atoms with E-state index in [0.29, 0.717) is 29.9 Å². The predicted molar refractivity (Wildman–Crippen MR) is 129 cm³/mol. The quantitative estimate of drug-likeness (QED) is 0.383. The van der Waals surface area contributed by atoms with Crippen molar-refractivity contribution in [3.05, 3.63) is 101 Å². The second kappa shape index (κ2) is 11.6. The van der Waals surface area contributed by atoms with Gasteiger partial charge >= 0.3 is 5.97 Å². The molecule has 1 N–H and O–H groups in total. The van der Waals surface area contributed by atoms with Crippen LogP contribution >= 0.6 is 0 Å². The lowest BCUT2D eigenvalue weighted by molar-refractivity contribution is -0.119. The molecule has 3 aromatic carbocycles. The van der Waals surface area contributed by atoms with Crippen LogP contribution in [-0.2, 0) is 9.53 Å². The Balaban J connectivity index is 1.60. The van der Waals surface area contributed by atoms with Crippen LogP contribution in [0.4, 0.5) is 5.69 Å². The first kappa shape index (κ1) is 24.4. The molecular weight excluding hydrogens is 432 g/mol. The van der Waals surface area contributed by atoms with Gasteiger partial charge in [-0.2, -0.15) is 0 Å². The van der Waals surface area contributed by atoms with Crippen molar-refractivity contribution >= 4 is 29.3 Å². The van der Waals surface area contributed by atoms with Crippen molar-refractivity contribution in [2.75, 3.05) is 25.0 Å². The molecule has 7 nitrogen and oxygen atoms in total. The number of carbonyl (C=O) groups excluding carboxylic acids is 4. The molecule has 0 aliphatic heterocycles. The topological polar surface area (TPSA) is 92.8 Å². The van der Waals surface area contributed by atoms with Crippen molar-refractivity contribution in [3.63, 3.8) is 0 Å². The number of benzene rings is 3. The molecule has 3 rings (SSSR count). The van der Waals surface area contributed by atoms with Crippen LogP contribution in [0.1, 0.15) is 50.5 Å². The second-order valence-electron chi connectivity index (χ2n) is 7.42. The van der Waals surface area contributed by atoms with E-state index in [1.807, 2.05) is 13.8 Å². The number of hydrogen-bond donors (Lipinski definition) is 1. The molecule has 0 atom stereocenters. The Labute approximate surface area is 198 Å². The summed E-state index contributed by atoms with van der Waals surface area (Å²) in [6, 6.07) is 21.4. The number of ether oxygens (including phenoxy) is 1. The van der Waals surface area contributed by atoms with Gasteiger partial charge in [0.05, 0.1) is 5.56 Å². The molecule has 0 aliphatic rings. The minimum atomic E-state index is -0.768. The fourth-order valence-electron chi connectivity index (χ4n) is 3.40. The van der Waals surface area contributed by atoms with Crippen LogP contribution in [0.5, 0.6) is 0 Å². The van der Waals surface area contributed by atoms with E-state index < -0.39 is 18.5 Å². The molecule has 0 unspecified atom stereocenters. The molecule has 0 radical (unpaired) electrons. The number of nitrogens with one attached hydrogen (secondary N) is 1. The molecule has 7 heteroatoms. The number of rotatable bonds is 9. The normalized spacial score (nSPS) is 10.3. The fourth-order valence-corrected chi connectivity index (χ4v) is 3.40. The van der Waals surface area contributed by atoms with Crippen LogP contribution in [0.3, 0.4) is 0 Å². The van der Waals surface area contributed by atoms with Crippen molar-refractivity contribution in [2.45, 2.75) is 13.8 Å². The lowest BCUT2D eigenvalue weighted by Crippen LogP contribution is -2.30. The molecule has 0 saturated heterocycles. The average Bonchev–Trinajstić information content (AvgIpc) is 2.88. The zero-order valence-corrected chi connectivity index (χ0v) is 19.1. The largest absolute Gasteiger partial charge is 0.452 e. The van der Waals surface area contributed by atoms with Gasteiger partial charge in [0.2, 0.25) is 0 Å². The molecule has 34 heavy (non-hydrogen) atoms. The molecular formula is C27H26N2O5. The Morgan fingerprint density at radius 3 is 1.94 bits per heavy atom. The number of anilines is 1. The van der Waals surface area contributed by atoms with Gasteiger partial charge in [-0.25, -0.2) is 4.79 Å². The van der Waals surface area contributed by atoms with Crippen LogP contribution in [0, 0.1) is 0 Å². The Kier molecular flexibility index (Phi) is 8.29. The zero-order chi connectivity index (χ0) is 24.5. The predicted octanol–water partition coefficient (Wildman–Crippen LogP) is 4.20. The molecule has 0 bridgehead atoms. The molecule has 3 aromatic rings. The van der Waals surface area contributed by atoms with Crippen molar-refractivity contribution in [1.82, 2.24) is 4.90 Å². The number of nitrogens with zero attached hydrogens (tertiary/aromatic N) is 1. The van der Waals surface area contributed by atoms with E-state index in [9.17, 15) is 19.2 Å². The summed E-state index contributed by atoms with van der Waals surface area (Å²) in [5.41, 5.74) is 1.73. The first-order valence-electron chi connectivity index (χ1n) is 11.0. The van der Waals surface area contributed by atoms with Crippen molar-refractivity contribution < 1.29 is 23.9 Å². The summed E-state index contributed by atoms with van der Waals surface area (Å²) in [4.78, 5) is 51.8. The highest BCUT2D eigenvalue weighted by molar-refractivity contribution is 6.14. The minimum Gasteiger partial charge on any atom is -0.452 e. The first-order chi connectivity index (χ1) is 16.4. The van der Waals surface area contributed by atoms with Gasteiger partial charge in [0.15, 0.2) is 12.4 Å². The van der Waals surface area contributed by atoms with Crippen molar-refractivity contribution in [1.29, 1.82) is 0 Å². The van der Waals surface area contributed by atoms with E-state index in [2.05, 4.69) is 5.32 Å². The molecule has 2 amide bonds.